The van der Waals surface area contributed by atoms with Crippen LogP contribution >= 0.6 is 23.1 Å². The Labute approximate surface area is 187 Å². The van der Waals surface area contributed by atoms with Crippen LogP contribution in [0.4, 0.5) is 0 Å². The lowest BCUT2D eigenvalue weighted by Gasteiger charge is -2.08. The van der Waals surface area contributed by atoms with E-state index in [9.17, 15) is 9.59 Å². The zero-order valence-corrected chi connectivity index (χ0v) is 18.5. The molecule has 7 nitrogen and oxygen atoms in total. The number of fused-ring (bicyclic) bond motifs is 1. The molecular weight excluding hydrogens is 430 g/mol. The minimum absolute atomic E-state index is 0.384. The molecule has 2 aromatic heterocycles. The maximum atomic E-state index is 12.4. The van der Waals surface area contributed by atoms with Gasteiger partial charge in [0.05, 0.1) is 15.7 Å². The Morgan fingerprint density at radius 2 is 1.55 bits per heavy atom. The fraction of sp³-hybridized carbons (Fsp3) is 0.136. The van der Waals surface area contributed by atoms with Crippen LogP contribution in [0, 0.1) is 13.8 Å². The molecule has 0 aliphatic carbocycles. The van der Waals surface area contributed by atoms with Gasteiger partial charge >= 0.3 is 0 Å². The van der Waals surface area contributed by atoms with Gasteiger partial charge in [0.1, 0.15) is 0 Å². The van der Waals surface area contributed by atoms with Crippen molar-refractivity contribution in [1.82, 2.24) is 25.8 Å². The molecule has 2 aromatic carbocycles. The largest absolute Gasteiger partial charge is 0.269 e. The quantitative estimate of drug-likeness (QED) is 0.271. The van der Waals surface area contributed by atoms with Gasteiger partial charge in [0.15, 0.2) is 5.16 Å². The lowest BCUT2D eigenvalue weighted by atomic mass is 10.1. The highest BCUT2D eigenvalue weighted by Gasteiger charge is 2.11. The topological polar surface area (TPSA) is 96.9 Å². The van der Waals surface area contributed by atoms with E-state index in [1.807, 2.05) is 32.0 Å². The first kappa shape index (κ1) is 21.0. The van der Waals surface area contributed by atoms with Crippen molar-refractivity contribution in [2.45, 2.75) is 24.8 Å². The lowest BCUT2D eigenvalue weighted by Crippen LogP contribution is -2.41. The first-order chi connectivity index (χ1) is 15.0. The number of hydrogen-bond acceptors (Lipinski definition) is 7. The van der Waals surface area contributed by atoms with Crippen molar-refractivity contribution in [3.63, 3.8) is 0 Å². The van der Waals surface area contributed by atoms with Gasteiger partial charge in [-0.3, -0.25) is 20.4 Å². The third kappa shape index (κ3) is 5.25. The molecule has 0 atom stereocenters. The number of nitrogens with zero attached hydrogens (tertiary/aromatic N) is 3. The summed E-state index contributed by atoms with van der Waals surface area (Å²) in [6.07, 6.45) is 0. The molecule has 0 spiro atoms. The fourth-order valence-corrected chi connectivity index (χ4v) is 4.53. The highest BCUT2D eigenvalue weighted by Crippen LogP contribution is 2.21. The molecule has 156 valence electrons. The maximum absolute atomic E-state index is 12.4. The number of carbonyl (C=O) groups excluding carboxylic acids is 2. The first-order valence-corrected chi connectivity index (χ1v) is 11.3. The van der Waals surface area contributed by atoms with Crippen LogP contribution in [0.25, 0.3) is 10.2 Å². The summed E-state index contributed by atoms with van der Waals surface area (Å²) in [5.41, 5.74) is 11.3. The van der Waals surface area contributed by atoms with Gasteiger partial charge in [-0.15, -0.1) is 11.3 Å². The Hall–Kier alpha value is -3.30. The van der Waals surface area contributed by atoms with Gasteiger partial charge in [-0.1, -0.05) is 23.9 Å². The molecule has 4 rings (SSSR count). The summed E-state index contributed by atoms with van der Waals surface area (Å²) in [5, 5.41) is 0.735. The van der Waals surface area contributed by atoms with Crippen molar-refractivity contribution in [3.05, 3.63) is 82.1 Å². The van der Waals surface area contributed by atoms with Gasteiger partial charge < -0.3 is 0 Å². The van der Waals surface area contributed by atoms with Crippen LogP contribution in [0.2, 0.25) is 0 Å². The maximum Gasteiger partial charge on any atom is 0.269 e. The van der Waals surface area contributed by atoms with E-state index in [0.717, 1.165) is 32.3 Å². The van der Waals surface area contributed by atoms with Crippen LogP contribution < -0.4 is 10.9 Å². The van der Waals surface area contributed by atoms with Crippen molar-refractivity contribution in [1.29, 1.82) is 0 Å². The second kappa shape index (κ2) is 9.23. The smallest absolute Gasteiger partial charge is 0.267 e. The first-order valence-electron chi connectivity index (χ1n) is 9.46. The molecule has 0 unspecified atom stereocenters. The Morgan fingerprint density at radius 3 is 2.26 bits per heavy atom. The molecule has 9 heteroatoms. The number of hydrazine groups is 1. The van der Waals surface area contributed by atoms with E-state index in [4.69, 9.17) is 0 Å². The molecule has 0 aliphatic heterocycles. The summed E-state index contributed by atoms with van der Waals surface area (Å²) in [6, 6.07) is 14.4. The van der Waals surface area contributed by atoms with E-state index in [1.54, 1.807) is 47.6 Å². The average molecular weight is 450 g/mol. The summed E-state index contributed by atoms with van der Waals surface area (Å²) in [5.74, 6) is -0.0733. The van der Waals surface area contributed by atoms with Crippen LogP contribution in [0.3, 0.4) is 0 Å². The normalized spacial score (nSPS) is 10.8. The monoisotopic (exact) mass is 449 g/mol. The standard InChI is InChI=1S/C22H19N5O2S2/c1-13-9-14(2)25-22(24-13)30-11-15-3-5-16(6-4-15)20(28)26-27-21(29)17-7-8-18-19(10-17)31-12-23-18/h3-10,12H,11H2,1-2H3,(H,26,28)(H,27,29). The lowest BCUT2D eigenvalue weighted by molar-refractivity contribution is 0.0847. The highest BCUT2D eigenvalue weighted by molar-refractivity contribution is 7.98. The third-order valence-electron chi connectivity index (χ3n) is 4.43. The van der Waals surface area contributed by atoms with Gasteiger partial charge in [0, 0.05) is 28.3 Å². The van der Waals surface area contributed by atoms with Crippen molar-refractivity contribution in [2.75, 3.05) is 0 Å². The zero-order valence-electron chi connectivity index (χ0n) is 16.9. The number of amides is 2. The Bertz CT molecular complexity index is 1230. The minimum atomic E-state index is -0.385. The van der Waals surface area contributed by atoms with Crippen molar-refractivity contribution in [2.24, 2.45) is 0 Å². The Kier molecular flexibility index (Phi) is 6.24. The van der Waals surface area contributed by atoms with E-state index in [1.165, 1.54) is 11.3 Å². The summed E-state index contributed by atoms with van der Waals surface area (Å²) >= 11 is 3.00. The number of thioether (sulfide) groups is 1. The fourth-order valence-electron chi connectivity index (χ4n) is 2.91. The van der Waals surface area contributed by atoms with Gasteiger partial charge in [-0.05, 0) is 55.8 Å². The van der Waals surface area contributed by atoms with E-state index in [0.29, 0.717) is 16.9 Å². The molecule has 0 fully saturated rings. The third-order valence-corrected chi connectivity index (χ3v) is 6.14. The molecule has 0 radical (unpaired) electrons. The van der Waals surface area contributed by atoms with Gasteiger partial charge in [0.2, 0.25) is 0 Å². The van der Waals surface area contributed by atoms with Gasteiger partial charge in [-0.2, -0.15) is 0 Å². The zero-order chi connectivity index (χ0) is 21.8. The molecule has 2 amide bonds. The summed E-state index contributed by atoms with van der Waals surface area (Å²) < 4.78 is 0.915. The van der Waals surface area contributed by atoms with Crippen LogP contribution in [0.15, 0.2) is 59.2 Å². The highest BCUT2D eigenvalue weighted by atomic mass is 32.2. The molecule has 2 N–H and O–H groups in total. The molecule has 4 aromatic rings. The van der Waals surface area contributed by atoms with Crippen molar-refractivity contribution < 1.29 is 9.59 Å². The predicted molar refractivity (Wildman–Crippen MR) is 122 cm³/mol. The number of carbonyl (C=O) groups is 2. The number of nitrogens with one attached hydrogen (secondary N) is 2. The van der Waals surface area contributed by atoms with Gasteiger partial charge in [-0.25, -0.2) is 15.0 Å². The van der Waals surface area contributed by atoms with Crippen LogP contribution in [-0.4, -0.2) is 26.8 Å². The Morgan fingerprint density at radius 1 is 0.903 bits per heavy atom. The van der Waals surface area contributed by atoms with Crippen LogP contribution in [-0.2, 0) is 5.75 Å². The Balaban J connectivity index is 1.31. The molecular formula is C22H19N5O2S2. The van der Waals surface area contributed by atoms with E-state index >= 15 is 0 Å². The number of rotatable bonds is 5. The van der Waals surface area contributed by atoms with Crippen LogP contribution in [0.5, 0.6) is 0 Å². The molecule has 2 heterocycles. The minimum Gasteiger partial charge on any atom is -0.267 e. The summed E-state index contributed by atoms with van der Waals surface area (Å²) in [7, 11) is 0. The van der Waals surface area contributed by atoms with E-state index in [-0.39, 0.29) is 11.8 Å². The predicted octanol–water partition coefficient (Wildman–Crippen LogP) is 4.07. The number of benzene rings is 2. The molecule has 31 heavy (non-hydrogen) atoms. The van der Waals surface area contributed by atoms with Crippen molar-refractivity contribution >= 4 is 45.1 Å². The summed E-state index contributed by atoms with van der Waals surface area (Å²) in [4.78, 5) is 37.7. The summed E-state index contributed by atoms with van der Waals surface area (Å²) in [6.45, 7) is 3.89. The molecule has 0 aliphatic rings. The SMILES string of the molecule is Cc1cc(C)nc(SCc2ccc(C(=O)NNC(=O)c3ccc4ncsc4c3)cc2)n1. The molecule has 0 saturated carbocycles. The van der Waals surface area contributed by atoms with E-state index < -0.39 is 0 Å². The van der Waals surface area contributed by atoms with E-state index in [2.05, 4.69) is 25.8 Å². The number of aryl methyl sites for hydroxylation is 2. The number of aromatic nitrogens is 3. The average Bonchev–Trinajstić information content (AvgIpc) is 3.23. The molecule has 0 saturated heterocycles. The number of hydrogen-bond donors (Lipinski definition) is 2. The second-order valence-electron chi connectivity index (χ2n) is 6.86. The van der Waals surface area contributed by atoms with Crippen LogP contribution in [0.1, 0.15) is 37.7 Å². The van der Waals surface area contributed by atoms with Crippen molar-refractivity contribution in [3.8, 4) is 0 Å². The van der Waals surface area contributed by atoms with Gasteiger partial charge in [0.25, 0.3) is 11.8 Å². The molecule has 0 bridgehead atoms. The second-order valence-corrected chi connectivity index (χ2v) is 8.69. The number of thiazole rings is 1.